The van der Waals surface area contributed by atoms with Crippen molar-refractivity contribution in [3.63, 3.8) is 0 Å². The van der Waals surface area contributed by atoms with Crippen LogP contribution in [-0.2, 0) is 0 Å². The Bertz CT molecular complexity index is 733. The van der Waals surface area contributed by atoms with Crippen LogP contribution in [0.4, 0.5) is 5.69 Å². The van der Waals surface area contributed by atoms with Crippen LogP contribution in [0.15, 0.2) is 42.5 Å². The van der Waals surface area contributed by atoms with Crippen LogP contribution in [0.5, 0.6) is 5.75 Å². The molecule has 24 heavy (non-hydrogen) atoms. The highest BCUT2D eigenvalue weighted by atomic mass is 35.5. The normalized spacial score (nSPS) is 10.1. The van der Waals surface area contributed by atoms with Crippen LogP contribution in [0, 0.1) is 0 Å². The highest BCUT2D eigenvalue weighted by molar-refractivity contribution is 7.80. The molecule has 2 aromatic rings. The minimum atomic E-state index is -0.349. The predicted octanol–water partition coefficient (Wildman–Crippen LogP) is 4.91. The van der Waals surface area contributed by atoms with Gasteiger partial charge >= 0.3 is 0 Å². The first-order chi connectivity index (χ1) is 11.5. The summed E-state index contributed by atoms with van der Waals surface area (Å²) in [4.78, 5) is 12.3. The molecule has 0 aliphatic carbocycles. The maximum Gasteiger partial charge on any atom is 0.257 e. The summed E-state index contributed by atoms with van der Waals surface area (Å²) in [6, 6.07) is 12.0. The monoisotopic (exact) mass is 382 g/mol. The minimum absolute atomic E-state index is 0.106. The van der Waals surface area contributed by atoms with Crippen LogP contribution in [0.1, 0.15) is 23.7 Å². The molecule has 0 aliphatic rings. The smallest absolute Gasteiger partial charge is 0.257 e. The Morgan fingerprint density at radius 1 is 1.17 bits per heavy atom. The third kappa shape index (κ3) is 5.09. The molecule has 0 fully saturated rings. The van der Waals surface area contributed by atoms with Crippen molar-refractivity contribution < 1.29 is 9.53 Å². The van der Waals surface area contributed by atoms with Crippen molar-refractivity contribution >= 4 is 52.1 Å². The van der Waals surface area contributed by atoms with Gasteiger partial charge in [0.25, 0.3) is 5.91 Å². The first-order valence-electron chi connectivity index (χ1n) is 7.30. The standard InChI is InChI=1S/C17H16Cl2N2O2S/c1-2-9-23-12-6-3-5-11(10-12)16(22)21-17(24)20-15-13(18)7-4-8-14(15)19/h3-8,10H,2,9H2,1H3,(H2,20,21,22,24). The molecule has 4 nitrogen and oxygen atoms in total. The van der Waals surface area contributed by atoms with E-state index in [0.29, 0.717) is 33.7 Å². The largest absolute Gasteiger partial charge is 0.494 e. The van der Waals surface area contributed by atoms with Crippen molar-refractivity contribution in [1.29, 1.82) is 0 Å². The second kappa shape index (κ2) is 8.87. The van der Waals surface area contributed by atoms with Crippen LogP contribution >= 0.6 is 35.4 Å². The Hall–Kier alpha value is -1.82. The highest BCUT2D eigenvalue weighted by Gasteiger charge is 2.11. The first-order valence-corrected chi connectivity index (χ1v) is 8.47. The van der Waals surface area contributed by atoms with Crippen LogP contribution < -0.4 is 15.4 Å². The highest BCUT2D eigenvalue weighted by Crippen LogP contribution is 2.29. The van der Waals surface area contributed by atoms with Gasteiger partial charge in [-0.1, -0.05) is 42.3 Å². The van der Waals surface area contributed by atoms with Gasteiger partial charge in [0, 0.05) is 5.56 Å². The van der Waals surface area contributed by atoms with Gasteiger partial charge in [-0.15, -0.1) is 0 Å². The van der Waals surface area contributed by atoms with Gasteiger partial charge in [0.2, 0.25) is 0 Å². The van der Waals surface area contributed by atoms with Gasteiger partial charge < -0.3 is 10.1 Å². The van der Waals surface area contributed by atoms with E-state index in [1.165, 1.54) is 0 Å². The van der Waals surface area contributed by atoms with E-state index >= 15 is 0 Å². The van der Waals surface area contributed by atoms with Gasteiger partial charge in [0.1, 0.15) is 5.75 Å². The van der Waals surface area contributed by atoms with Gasteiger partial charge in [-0.2, -0.15) is 0 Å². The van der Waals surface area contributed by atoms with Crippen molar-refractivity contribution in [2.75, 3.05) is 11.9 Å². The number of halogens is 2. The lowest BCUT2D eigenvalue weighted by atomic mass is 10.2. The van der Waals surface area contributed by atoms with Crippen molar-refractivity contribution in [3.05, 3.63) is 58.1 Å². The number of para-hydroxylation sites is 1. The number of nitrogens with one attached hydrogen (secondary N) is 2. The van der Waals surface area contributed by atoms with E-state index in [0.717, 1.165) is 6.42 Å². The molecule has 0 saturated heterocycles. The molecule has 0 atom stereocenters. The molecule has 1 amide bonds. The third-order valence-corrected chi connectivity index (χ3v) is 3.83. The number of anilines is 1. The fourth-order valence-electron chi connectivity index (χ4n) is 1.88. The number of hydrogen-bond acceptors (Lipinski definition) is 3. The van der Waals surface area contributed by atoms with Gasteiger partial charge in [-0.25, -0.2) is 0 Å². The van der Waals surface area contributed by atoms with E-state index in [1.807, 2.05) is 6.92 Å². The maximum atomic E-state index is 12.3. The Labute approximate surface area is 156 Å². The molecular formula is C17H16Cl2N2O2S. The number of ether oxygens (including phenoxy) is 1. The molecule has 0 aliphatic heterocycles. The van der Waals surface area contributed by atoms with Gasteiger partial charge in [0.05, 0.1) is 22.3 Å². The minimum Gasteiger partial charge on any atom is -0.494 e. The molecule has 126 valence electrons. The summed E-state index contributed by atoms with van der Waals surface area (Å²) in [6.07, 6.45) is 0.892. The third-order valence-electron chi connectivity index (χ3n) is 3.00. The fourth-order valence-corrected chi connectivity index (χ4v) is 2.57. The lowest BCUT2D eigenvalue weighted by molar-refractivity contribution is 0.0977. The Morgan fingerprint density at radius 3 is 2.50 bits per heavy atom. The zero-order valence-electron chi connectivity index (χ0n) is 12.9. The van der Waals surface area contributed by atoms with Crippen molar-refractivity contribution in [2.24, 2.45) is 0 Å². The Morgan fingerprint density at radius 2 is 1.83 bits per heavy atom. The summed E-state index contributed by atoms with van der Waals surface area (Å²) < 4.78 is 5.51. The average molecular weight is 383 g/mol. The maximum absolute atomic E-state index is 12.3. The van der Waals surface area contributed by atoms with E-state index < -0.39 is 0 Å². The van der Waals surface area contributed by atoms with E-state index in [4.69, 9.17) is 40.2 Å². The first kappa shape index (κ1) is 18.5. The van der Waals surface area contributed by atoms with Crippen LogP contribution in [0.2, 0.25) is 10.0 Å². The zero-order valence-corrected chi connectivity index (χ0v) is 15.3. The summed E-state index contributed by atoms with van der Waals surface area (Å²) in [5, 5.41) is 6.35. The van der Waals surface area contributed by atoms with Gasteiger partial charge in [0.15, 0.2) is 5.11 Å². The molecule has 7 heteroatoms. The molecule has 0 unspecified atom stereocenters. The number of rotatable bonds is 5. The number of benzene rings is 2. The average Bonchev–Trinajstić information content (AvgIpc) is 2.56. The predicted molar refractivity (Wildman–Crippen MR) is 102 cm³/mol. The summed E-state index contributed by atoms with van der Waals surface area (Å²) in [7, 11) is 0. The number of carbonyl (C=O) groups excluding carboxylic acids is 1. The van der Waals surface area contributed by atoms with Gasteiger partial charge in [-0.3, -0.25) is 10.1 Å². The van der Waals surface area contributed by atoms with Crippen molar-refractivity contribution in [2.45, 2.75) is 13.3 Å². The molecule has 2 aromatic carbocycles. The summed E-state index contributed by atoms with van der Waals surface area (Å²) in [6.45, 7) is 2.61. The van der Waals surface area contributed by atoms with E-state index in [9.17, 15) is 4.79 Å². The van der Waals surface area contributed by atoms with E-state index in [-0.39, 0.29) is 11.0 Å². The van der Waals surface area contributed by atoms with Crippen LogP contribution in [0.3, 0.4) is 0 Å². The molecule has 0 spiro atoms. The quantitative estimate of drug-likeness (QED) is 0.721. The Kier molecular flexibility index (Phi) is 6.85. The van der Waals surface area contributed by atoms with Crippen LogP contribution in [0.25, 0.3) is 0 Å². The molecular weight excluding hydrogens is 367 g/mol. The number of hydrogen-bond donors (Lipinski definition) is 2. The molecule has 0 bridgehead atoms. The second-order valence-corrected chi connectivity index (χ2v) is 6.10. The molecule has 2 N–H and O–H groups in total. The molecule has 0 saturated carbocycles. The number of carbonyl (C=O) groups is 1. The second-order valence-electron chi connectivity index (χ2n) is 4.88. The zero-order chi connectivity index (χ0) is 17.5. The fraction of sp³-hybridized carbons (Fsp3) is 0.176. The molecule has 2 rings (SSSR count). The molecule has 0 heterocycles. The SMILES string of the molecule is CCCOc1cccc(C(=O)NC(=S)Nc2c(Cl)cccc2Cl)c1. The van der Waals surface area contributed by atoms with E-state index in [1.54, 1.807) is 42.5 Å². The van der Waals surface area contributed by atoms with Gasteiger partial charge in [-0.05, 0) is 49.0 Å². The van der Waals surface area contributed by atoms with E-state index in [2.05, 4.69) is 10.6 Å². The number of thiocarbonyl (C=S) groups is 1. The molecule has 0 aromatic heterocycles. The summed E-state index contributed by atoms with van der Waals surface area (Å²) >= 11 is 17.3. The topological polar surface area (TPSA) is 50.4 Å². The lowest BCUT2D eigenvalue weighted by Gasteiger charge is -2.12. The van der Waals surface area contributed by atoms with Crippen LogP contribution in [-0.4, -0.2) is 17.6 Å². The molecule has 0 radical (unpaired) electrons. The summed E-state index contributed by atoms with van der Waals surface area (Å²) in [5.74, 6) is 0.287. The summed E-state index contributed by atoms with van der Waals surface area (Å²) in [5.41, 5.74) is 0.893. The Balaban J connectivity index is 2.02. The lowest BCUT2D eigenvalue weighted by Crippen LogP contribution is -2.34. The van der Waals surface area contributed by atoms with Crippen molar-refractivity contribution in [1.82, 2.24) is 5.32 Å². The van der Waals surface area contributed by atoms with Crippen molar-refractivity contribution in [3.8, 4) is 5.75 Å². The number of amides is 1.